The largest absolute Gasteiger partial charge is 0.309 e. The van der Waals surface area contributed by atoms with Crippen LogP contribution >= 0.6 is 0 Å². The minimum absolute atomic E-state index is 0.568. The fourth-order valence-electron chi connectivity index (χ4n) is 4.13. The topological polar surface area (TPSA) is 34.0 Å². The van der Waals surface area contributed by atoms with Crippen molar-refractivity contribution in [1.29, 1.82) is 0 Å². The lowest BCUT2D eigenvalue weighted by atomic mass is 9.97. The van der Waals surface area contributed by atoms with Crippen molar-refractivity contribution in [3.8, 4) is 0 Å². The lowest BCUT2D eigenvalue weighted by molar-refractivity contribution is 0.241. The van der Waals surface area contributed by atoms with Gasteiger partial charge in [-0.2, -0.15) is 0 Å². The van der Waals surface area contributed by atoms with E-state index in [-0.39, 0.29) is 0 Å². The van der Waals surface area contributed by atoms with Gasteiger partial charge in [0.05, 0.1) is 0 Å². The molecule has 1 aliphatic heterocycles. The SMILES string of the molecule is CN1CCCC(c2nc3cccnc3n2C2CCCC2)C1. The van der Waals surface area contributed by atoms with Crippen LogP contribution in [0.5, 0.6) is 0 Å². The lowest BCUT2D eigenvalue weighted by Crippen LogP contribution is -2.32. The van der Waals surface area contributed by atoms with Crippen molar-refractivity contribution < 1.29 is 0 Å². The van der Waals surface area contributed by atoms with Crippen molar-refractivity contribution >= 4 is 11.2 Å². The number of hydrogen-bond acceptors (Lipinski definition) is 3. The Morgan fingerprint density at radius 1 is 1.14 bits per heavy atom. The number of aromatic nitrogens is 3. The Balaban J connectivity index is 1.80. The molecule has 1 aliphatic carbocycles. The first kappa shape index (κ1) is 13.3. The van der Waals surface area contributed by atoms with E-state index in [1.165, 1.54) is 50.9 Å². The monoisotopic (exact) mass is 284 g/mol. The van der Waals surface area contributed by atoms with Crippen molar-refractivity contribution in [1.82, 2.24) is 19.4 Å². The summed E-state index contributed by atoms with van der Waals surface area (Å²) in [6.45, 7) is 2.36. The maximum Gasteiger partial charge on any atom is 0.160 e. The van der Waals surface area contributed by atoms with Crippen molar-refractivity contribution in [2.45, 2.75) is 50.5 Å². The Bertz CT molecular complexity index is 627. The summed E-state index contributed by atoms with van der Waals surface area (Å²) in [5.41, 5.74) is 2.18. The first-order chi connectivity index (χ1) is 10.3. The van der Waals surface area contributed by atoms with Crippen LogP contribution < -0.4 is 0 Å². The second-order valence-corrected chi connectivity index (χ2v) is 6.73. The highest BCUT2D eigenvalue weighted by molar-refractivity contribution is 5.71. The summed E-state index contributed by atoms with van der Waals surface area (Å²) in [6, 6.07) is 4.74. The van der Waals surface area contributed by atoms with E-state index in [1.54, 1.807) is 0 Å². The zero-order valence-corrected chi connectivity index (χ0v) is 12.8. The fraction of sp³-hybridized carbons (Fsp3) is 0.647. The molecule has 0 N–H and O–H groups in total. The molecule has 1 saturated carbocycles. The maximum atomic E-state index is 4.99. The number of rotatable bonds is 2. The smallest absolute Gasteiger partial charge is 0.160 e. The molecule has 0 spiro atoms. The summed E-state index contributed by atoms with van der Waals surface area (Å²) in [4.78, 5) is 12.1. The standard InChI is InChI=1S/C17H24N4/c1-20-11-5-6-13(12-20)16-19-15-9-4-10-18-17(15)21(16)14-7-2-3-8-14/h4,9-10,13-14H,2-3,5-8,11-12H2,1H3. The molecule has 0 aromatic carbocycles. The normalized spacial score (nSPS) is 24.9. The molecule has 2 aliphatic rings. The van der Waals surface area contributed by atoms with Gasteiger partial charge in [0, 0.05) is 24.7 Å². The Morgan fingerprint density at radius 2 is 2.00 bits per heavy atom. The van der Waals surface area contributed by atoms with E-state index >= 15 is 0 Å². The molecule has 21 heavy (non-hydrogen) atoms. The molecule has 2 aromatic heterocycles. The van der Waals surface area contributed by atoms with E-state index in [2.05, 4.69) is 27.6 Å². The number of nitrogens with zero attached hydrogens (tertiary/aromatic N) is 4. The molecular formula is C17H24N4. The number of piperidine rings is 1. The molecule has 3 heterocycles. The number of fused-ring (bicyclic) bond motifs is 1. The van der Waals surface area contributed by atoms with E-state index in [0.29, 0.717) is 12.0 Å². The maximum absolute atomic E-state index is 4.99. The van der Waals surface area contributed by atoms with Gasteiger partial charge in [-0.15, -0.1) is 0 Å². The van der Waals surface area contributed by atoms with Crippen LogP contribution in [0.2, 0.25) is 0 Å². The van der Waals surface area contributed by atoms with Gasteiger partial charge in [-0.25, -0.2) is 9.97 Å². The first-order valence-corrected chi connectivity index (χ1v) is 8.34. The molecule has 2 fully saturated rings. The molecule has 4 heteroatoms. The van der Waals surface area contributed by atoms with Crippen LogP contribution in [0.4, 0.5) is 0 Å². The van der Waals surface area contributed by atoms with Crippen LogP contribution in [0.3, 0.4) is 0 Å². The summed E-state index contributed by atoms with van der Waals surface area (Å²) in [5, 5.41) is 0. The average molecular weight is 284 g/mol. The quantitative estimate of drug-likeness (QED) is 0.848. The number of likely N-dealkylation sites (N-methyl/N-ethyl adjacent to an activating group) is 1. The van der Waals surface area contributed by atoms with Gasteiger partial charge in [-0.1, -0.05) is 12.8 Å². The van der Waals surface area contributed by atoms with Crippen LogP contribution in [0.25, 0.3) is 11.2 Å². The highest BCUT2D eigenvalue weighted by Gasteiger charge is 2.29. The molecule has 4 nitrogen and oxygen atoms in total. The Hall–Kier alpha value is -1.42. The summed E-state index contributed by atoms with van der Waals surface area (Å²) in [5.74, 6) is 1.86. The molecule has 1 saturated heterocycles. The van der Waals surface area contributed by atoms with Gasteiger partial charge in [0.2, 0.25) is 0 Å². The number of likely N-dealkylation sites (tertiary alicyclic amines) is 1. The summed E-state index contributed by atoms with van der Waals surface area (Å²) >= 11 is 0. The highest BCUT2D eigenvalue weighted by atomic mass is 15.2. The summed E-state index contributed by atoms with van der Waals surface area (Å²) < 4.78 is 2.49. The fourth-order valence-corrected chi connectivity index (χ4v) is 4.13. The van der Waals surface area contributed by atoms with E-state index in [0.717, 1.165) is 17.7 Å². The second kappa shape index (κ2) is 5.41. The molecule has 112 valence electrons. The minimum atomic E-state index is 0.568. The average Bonchev–Trinajstić information content (AvgIpc) is 3.14. The summed E-state index contributed by atoms with van der Waals surface area (Å²) in [7, 11) is 2.23. The predicted octanol–water partition coefficient (Wildman–Crippen LogP) is 3.36. The van der Waals surface area contributed by atoms with Crippen molar-refractivity contribution in [2.75, 3.05) is 20.1 Å². The van der Waals surface area contributed by atoms with Crippen molar-refractivity contribution in [3.05, 3.63) is 24.2 Å². The van der Waals surface area contributed by atoms with Crippen LogP contribution in [0.1, 0.15) is 56.3 Å². The van der Waals surface area contributed by atoms with Crippen LogP contribution in [-0.4, -0.2) is 39.6 Å². The van der Waals surface area contributed by atoms with Gasteiger partial charge in [0.1, 0.15) is 11.3 Å². The van der Waals surface area contributed by atoms with Gasteiger partial charge in [0.15, 0.2) is 5.65 Å². The third-order valence-electron chi connectivity index (χ3n) is 5.16. The van der Waals surface area contributed by atoms with E-state index in [1.807, 2.05) is 12.3 Å². The van der Waals surface area contributed by atoms with Gasteiger partial charge in [0.25, 0.3) is 0 Å². The molecule has 1 atom stereocenters. The van der Waals surface area contributed by atoms with E-state index in [9.17, 15) is 0 Å². The zero-order chi connectivity index (χ0) is 14.2. The number of pyridine rings is 1. The van der Waals surface area contributed by atoms with Gasteiger partial charge in [-0.05, 0) is 51.4 Å². The Kier molecular flexibility index (Phi) is 3.42. The van der Waals surface area contributed by atoms with Crippen LogP contribution in [0, 0.1) is 0 Å². The molecule has 0 bridgehead atoms. The van der Waals surface area contributed by atoms with E-state index in [4.69, 9.17) is 4.98 Å². The minimum Gasteiger partial charge on any atom is -0.309 e. The van der Waals surface area contributed by atoms with E-state index < -0.39 is 0 Å². The first-order valence-electron chi connectivity index (χ1n) is 8.34. The van der Waals surface area contributed by atoms with Crippen LogP contribution in [-0.2, 0) is 0 Å². The predicted molar refractivity (Wildman–Crippen MR) is 84.5 cm³/mol. The molecule has 1 unspecified atom stereocenters. The van der Waals surface area contributed by atoms with Gasteiger partial charge in [-0.3, -0.25) is 0 Å². The zero-order valence-electron chi connectivity index (χ0n) is 12.8. The molecule has 0 radical (unpaired) electrons. The highest BCUT2D eigenvalue weighted by Crippen LogP contribution is 2.36. The van der Waals surface area contributed by atoms with Crippen molar-refractivity contribution in [3.63, 3.8) is 0 Å². The summed E-state index contributed by atoms with van der Waals surface area (Å²) in [6.07, 6.45) is 9.73. The second-order valence-electron chi connectivity index (χ2n) is 6.73. The van der Waals surface area contributed by atoms with Crippen molar-refractivity contribution in [2.24, 2.45) is 0 Å². The number of imidazole rings is 1. The third-order valence-corrected chi connectivity index (χ3v) is 5.16. The Labute approximate surface area is 126 Å². The Morgan fingerprint density at radius 3 is 2.81 bits per heavy atom. The van der Waals surface area contributed by atoms with Crippen LogP contribution in [0.15, 0.2) is 18.3 Å². The third kappa shape index (κ3) is 2.35. The lowest BCUT2D eigenvalue weighted by Gasteiger charge is -2.30. The molecule has 4 rings (SSSR count). The van der Waals surface area contributed by atoms with Gasteiger partial charge < -0.3 is 9.47 Å². The molecule has 0 amide bonds. The van der Waals surface area contributed by atoms with Gasteiger partial charge >= 0.3 is 0 Å². The number of hydrogen-bond donors (Lipinski definition) is 0. The molecule has 2 aromatic rings. The molecular weight excluding hydrogens is 260 g/mol.